The van der Waals surface area contributed by atoms with Crippen molar-refractivity contribution >= 4 is 54.8 Å². The number of halogens is 1. The summed E-state index contributed by atoms with van der Waals surface area (Å²) in [5.41, 5.74) is 1.13. The van der Waals surface area contributed by atoms with Gasteiger partial charge in [-0.3, -0.25) is 0 Å². The van der Waals surface area contributed by atoms with Gasteiger partial charge in [-0.15, -0.1) is 0 Å². The van der Waals surface area contributed by atoms with Gasteiger partial charge in [-0.25, -0.2) is 18.2 Å². The van der Waals surface area contributed by atoms with E-state index in [1.54, 1.807) is 50.2 Å². The second kappa shape index (κ2) is 9.96. The molecule has 2 aromatic heterocycles. The summed E-state index contributed by atoms with van der Waals surface area (Å²) in [4.78, 5) is 17.4. The maximum absolute atomic E-state index is 13.0. The lowest BCUT2D eigenvalue weighted by Crippen LogP contribution is -2.18. The summed E-state index contributed by atoms with van der Waals surface area (Å²) >= 11 is 7.05. The number of aryl methyl sites for hydroxylation is 1. The molecule has 0 saturated heterocycles. The molecule has 2 heterocycles. The largest absolute Gasteiger partial charge is 0.462 e. The van der Waals surface area contributed by atoms with Crippen LogP contribution in [-0.2, 0) is 14.6 Å². The van der Waals surface area contributed by atoms with Crippen LogP contribution in [0.3, 0.4) is 0 Å². The third-order valence-electron chi connectivity index (χ3n) is 4.84. The van der Waals surface area contributed by atoms with Crippen molar-refractivity contribution in [2.24, 2.45) is 0 Å². The second-order valence-corrected chi connectivity index (χ2v) is 10.4. The second-order valence-electron chi connectivity index (χ2n) is 7.18. The molecule has 2 aromatic carbocycles. The van der Waals surface area contributed by atoms with Crippen LogP contribution >= 0.6 is 23.1 Å². The van der Waals surface area contributed by atoms with Gasteiger partial charge in [-0.05, 0) is 73.9 Å². The minimum atomic E-state index is -3.75. The number of aromatic nitrogens is 2. The van der Waals surface area contributed by atoms with Crippen LogP contribution in [0.25, 0.3) is 10.2 Å². The third kappa shape index (κ3) is 5.14. The Balaban J connectivity index is 1.56. The Labute approximate surface area is 205 Å². The number of rotatable bonds is 8. The van der Waals surface area contributed by atoms with E-state index in [1.165, 1.54) is 29.9 Å². The molecule has 4 aromatic rings. The van der Waals surface area contributed by atoms with Crippen LogP contribution in [-0.4, -0.2) is 36.2 Å². The zero-order valence-electron chi connectivity index (χ0n) is 18.2. The number of pyridine rings is 1. The first-order chi connectivity index (χ1) is 16.3. The number of esters is 1. The summed E-state index contributed by atoms with van der Waals surface area (Å²) in [5.74, 6) is 0.0286. The third-order valence-corrected chi connectivity index (χ3v) is 7.46. The van der Waals surface area contributed by atoms with Crippen molar-refractivity contribution < 1.29 is 22.7 Å². The molecule has 0 aliphatic heterocycles. The molecule has 11 heteroatoms. The van der Waals surface area contributed by atoms with Crippen LogP contribution in [0.4, 0.5) is 5.69 Å². The number of fused-ring (bicyclic) bond motifs is 1. The lowest BCUT2D eigenvalue weighted by molar-refractivity contribution is 0.0527. The Hall–Kier alpha value is -3.21. The topological polar surface area (TPSA) is 107 Å². The van der Waals surface area contributed by atoms with E-state index in [4.69, 9.17) is 21.1 Å². The average Bonchev–Trinajstić information content (AvgIpc) is 3.20. The number of nitrogens with zero attached hydrogens (tertiary/aromatic N) is 2. The van der Waals surface area contributed by atoms with E-state index in [0.29, 0.717) is 38.1 Å². The Kier molecular flexibility index (Phi) is 7.01. The summed E-state index contributed by atoms with van der Waals surface area (Å²) in [6.45, 7) is 3.65. The van der Waals surface area contributed by atoms with Crippen LogP contribution in [0.15, 0.2) is 59.6 Å². The van der Waals surface area contributed by atoms with Crippen molar-refractivity contribution in [1.82, 2.24) is 9.36 Å². The normalized spacial score (nSPS) is 11.4. The van der Waals surface area contributed by atoms with Crippen LogP contribution in [0.2, 0.25) is 5.02 Å². The fourth-order valence-corrected chi connectivity index (χ4v) is 5.14. The minimum Gasteiger partial charge on any atom is -0.462 e. The molecule has 0 unspecified atom stereocenters. The predicted molar refractivity (Wildman–Crippen MR) is 132 cm³/mol. The highest BCUT2D eigenvalue weighted by atomic mass is 35.5. The van der Waals surface area contributed by atoms with Gasteiger partial charge in [0.15, 0.2) is 9.84 Å². The number of hydrogen-bond donors (Lipinski definition) is 1. The molecule has 0 aliphatic rings. The smallest absolute Gasteiger partial charge is 0.341 e. The SMILES string of the molecule is CCOC(=O)c1cnc2snc(C)c2c1NCS(=O)(=O)c1ccc(Oc2ccc(Cl)cc2)cc1. The first-order valence-corrected chi connectivity index (χ1v) is 13.0. The van der Waals surface area contributed by atoms with Crippen molar-refractivity contribution in [2.45, 2.75) is 18.7 Å². The summed E-state index contributed by atoms with van der Waals surface area (Å²) in [6, 6.07) is 12.9. The molecule has 0 amide bonds. The number of hydrogen-bond acceptors (Lipinski definition) is 9. The fraction of sp³-hybridized carbons (Fsp3) is 0.174. The number of ether oxygens (including phenoxy) is 2. The van der Waals surface area contributed by atoms with Crippen LogP contribution in [0.5, 0.6) is 11.5 Å². The quantitative estimate of drug-likeness (QED) is 0.307. The molecule has 1 N–H and O–H groups in total. The Morgan fingerprint density at radius 2 is 1.74 bits per heavy atom. The number of benzene rings is 2. The molecule has 176 valence electrons. The first kappa shape index (κ1) is 23.9. The maximum atomic E-state index is 13.0. The van der Waals surface area contributed by atoms with Crippen molar-refractivity contribution in [3.8, 4) is 11.5 Å². The number of carbonyl (C=O) groups excluding carboxylic acids is 1. The van der Waals surface area contributed by atoms with E-state index in [2.05, 4.69) is 14.7 Å². The maximum Gasteiger partial charge on any atom is 0.341 e. The Morgan fingerprint density at radius 1 is 1.09 bits per heavy atom. The fourth-order valence-electron chi connectivity index (χ4n) is 3.21. The van der Waals surface area contributed by atoms with Crippen molar-refractivity contribution in [2.75, 3.05) is 17.8 Å². The molecule has 8 nitrogen and oxygen atoms in total. The summed E-state index contributed by atoms with van der Waals surface area (Å²) in [6.07, 6.45) is 1.37. The van der Waals surface area contributed by atoms with E-state index in [9.17, 15) is 13.2 Å². The lowest BCUT2D eigenvalue weighted by Gasteiger charge is -2.13. The zero-order chi connectivity index (χ0) is 24.3. The lowest BCUT2D eigenvalue weighted by atomic mass is 10.1. The predicted octanol–water partition coefficient (Wildman–Crippen LogP) is 5.47. The molecule has 4 rings (SSSR count). The van der Waals surface area contributed by atoms with Gasteiger partial charge in [0.1, 0.15) is 27.8 Å². The zero-order valence-corrected chi connectivity index (χ0v) is 20.6. The molecule has 0 saturated carbocycles. The summed E-state index contributed by atoms with van der Waals surface area (Å²) in [5, 5.41) is 4.10. The van der Waals surface area contributed by atoms with Crippen LogP contribution in [0.1, 0.15) is 23.0 Å². The van der Waals surface area contributed by atoms with Gasteiger partial charge in [0.05, 0.1) is 28.3 Å². The van der Waals surface area contributed by atoms with E-state index < -0.39 is 21.7 Å². The van der Waals surface area contributed by atoms with Crippen LogP contribution < -0.4 is 10.1 Å². The molecule has 0 bridgehead atoms. The Morgan fingerprint density at radius 3 is 2.38 bits per heavy atom. The number of nitrogens with one attached hydrogen (secondary N) is 1. The monoisotopic (exact) mass is 517 g/mol. The molecule has 0 atom stereocenters. The molecule has 0 aliphatic carbocycles. The van der Waals surface area contributed by atoms with E-state index in [0.717, 1.165) is 0 Å². The van der Waals surface area contributed by atoms with E-state index in [-0.39, 0.29) is 17.1 Å². The van der Waals surface area contributed by atoms with Gasteiger partial charge in [-0.1, -0.05) is 11.6 Å². The van der Waals surface area contributed by atoms with Gasteiger partial charge in [0.2, 0.25) is 0 Å². The highest BCUT2D eigenvalue weighted by Gasteiger charge is 2.22. The number of sulfone groups is 1. The summed E-state index contributed by atoms with van der Waals surface area (Å²) < 4.78 is 41.1. The van der Waals surface area contributed by atoms with E-state index >= 15 is 0 Å². The Bertz CT molecular complexity index is 1440. The van der Waals surface area contributed by atoms with E-state index in [1.807, 2.05) is 0 Å². The van der Waals surface area contributed by atoms with Gasteiger partial charge in [-0.2, -0.15) is 4.37 Å². The highest BCUT2D eigenvalue weighted by molar-refractivity contribution is 7.91. The van der Waals surface area contributed by atoms with Gasteiger partial charge in [0.25, 0.3) is 0 Å². The molecule has 0 radical (unpaired) electrons. The molecular weight excluding hydrogens is 498 g/mol. The van der Waals surface area contributed by atoms with Crippen molar-refractivity contribution in [1.29, 1.82) is 0 Å². The van der Waals surface area contributed by atoms with Gasteiger partial charge in [0, 0.05) is 11.2 Å². The minimum absolute atomic E-state index is 0.103. The molecule has 0 spiro atoms. The number of anilines is 1. The van der Waals surface area contributed by atoms with Crippen molar-refractivity contribution in [3.05, 3.63) is 71.0 Å². The van der Waals surface area contributed by atoms with Gasteiger partial charge >= 0.3 is 5.97 Å². The van der Waals surface area contributed by atoms with Crippen LogP contribution in [0, 0.1) is 6.92 Å². The summed E-state index contributed by atoms with van der Waals surface area (Å²) in [7, 11) is -3.75. The number of carbonyl (C=O) groups is 1. The van der Waals surface area contributed by atoms with Gasteiger partial charge < -0.3 is 14.8 Å². The van der Waals surface area contributed by atoms with Crippen molar-refractivity contribution in [3.63, 3.8) is 0 Å². The molecule has 0 fully saturated rings. The molecule has 34 heavy (non-hydrogen) atoms. The highest BCUT2D eigenvalue weighted by Crippen LogP contribution is 2.32. The first-order valence-electron chi connectivity index (χ1n) is 10.2. The molecular formula is C23H20ClN3O5S2. The standard InChI is InChI=1S/C23H20ClN3O5S2/c1-3-31-23(28)19-12-25-22-20(14(2)27-33-22)21(19)26-13-34(29,30)18-10-8-17(9-11-18)32-16-6-4-15(24)5-7-16/h4-12H,3,13H2,1-2H3,(H,25,26). The average molecular weight is 518 g/mol.